The van der Waals surface area contributed by atoms with Crippen LogP contribution in [0.2, 0.25) is 0 Å². The molecule has 0 aliphatic carbocycles. The topological polar surface area (TPSA) is 126 Å². The first-order valence-corrected chi connectivity index (χ1v) is 7.58. The minimum absolute atomic E-state index is 0.293. The number of ether oxygens (including phenoxy) is 5. The van der Waals surface area contributed by atoms with Crippen molar-refractivity contribution in [2.24, 2.45) is 0 Å². The first kappa shape index (κ1) is 20.8. The lowest BCUT2D eigenvalue weighted by molar-refractivity contribution is -0.191. The molecule has 1 amide bonds. The van der Waals surface area contributed by atoms with Crippen molar-refractivity contribution in [2.45, 2.75) is 58.3 Å². The molecule has 0 aromatic rings. The van der Waals surface area contributed by atoms with Crippen LogP contribution in [-0.4, -0.2) is 68.2 Å². The molecule has 5 unspecified atom stereocenters. The molecule has 10 heteroatoms. The number of nitrogens with one attached hydrogen (secondary N) is 1. The van der Waals surface area contributed by atoms with E-state index < -0.39 is 54.5 Å². The summed E-state index contributed by atoms with van der Waals surface area (Å²) in [5.74, 6) is -2.23. The molecule has 1 aliphatic rings. The van der Waals surface area contributed by atoms with Gasteiger partial charge >= 0.3 is 17.9 Å². The molecule has 142 valence electrons. The largest absolute Gasteiger partial charge is 0.462 e. The van der Waals surface area contributed by atoms with E-state index in [2.05, 4.69) is 5.32 Å². The van der Waals surface area contributed by atoms with Crippen LogP contribution >= 0.6 is 0 Å². The Labute approximate surface area is 145 Å². The molecule has 0 radical (unpaired) electrons. The summed E-state index contributed by atoms with van der Waals surface area (Å²) in [6, 6.07) is -0.869. The summed E-state index contributed by atoms with van der Waals surface area (Å²) in [4.78, 5) is 45.3. The maximum absolute atomic E-state index is 11.5. The lowest BCUT2D eigenvalue weighted by atomic mass is 10.0. The lowest BCUT2D eigenvalue weighted by Crippen LogP contribution is -2.53. The van der Waals surface area contributed by atoms with Gasteiger partial charge in [-0.2, -0.15) is 0 Å². The smallest absolute Gasteiger partial charge is 0.303 e. The van der Waals surface area contributed by atoms with E-state index in [9.17, 15) is 19.2 Å². The third kappa shape index (κ3) is 6.31. The average Bonchev–Trinajstić information content (AvgIpc) is 2.79. The summed E-state index contributed by atoms with van der Waals surface area (Å²) in [7, 11) is 1.33. The Morgan fingerprint density at radius 1 is 1.04 bits per heavy atom. The molecule has 1 heterocycles. The van der Waals surface area contributed by atoms with Gasteiger partial charge in [0.15, 0.2) is 18.5 Å². The Kier molecular flexibility index (Phi) is 7.78. The molecule has 0 bridgehead atoms. The van der Waals surface area contributed by atoms with Crippen LogP contribution in [0.5, 0.6) is 0 Å². The zero-order valence-corrected chi connectivity index (χ0v) is 14.8. The molecule has 25 heavy (non-hydrogen) atoms. The number of hydrogen-bond donors (Lipinski definition) is 1. The van der Waals surface area contributed by atoms with Crippen LogP contribution in [0.1, 0.15) is 27.7 Å². The predicted octanol–water partition coefficient (Wildman–Crippen LogP) is -0.711. The van der Waals surface area contributed by atoms with Crippen LogP contribution in [0, 0.1) is 0 Å². The highest BCUT2D eigenvalue weighted by Crippen LogP contribution is 2.28. The second-order valence-corrected chi connectivity index (χ2v) is 5.46. The Morgan fingerprint density at radius 2 is 1.68 bits per heavy atom. The summed E-state index contributed by atoms with van der Waals surface area (Å²) in [5, 5.41) is 2.60. The molecule has 10 nitrogen and oxygen atoms in total. The first-order valence-electron chi connectivity index (χ1n) is 7.58. The molecule has 1 N–H and O–H groups in total. The van der Waals surface area contributed by atoms with Crippen LogP contribution in [0.25, 0.3) is 0 Å². The number of hydrogen-bond acceptors (Lipinski definition) is 9. The highest BCUT2D eigenvalue weighted by molar-refractivity contribution is 5.73. The van der Waals surface area contributed by atoms with Gasteiger partial charge in [-0.3, -0.25) is 19.2 Å². The van der Waals surface area contributed by atoms with Crippen LogP contribution < -0.4 is 5.32 Å². The Balaban J connectivity index is 3.10. The quantitative estimate of drug-likeness (QED) is 0.462. The Hall–Kier alpha value is -2.20. The van der Waals surface area contributed by atoms with Gasteiger partial charge in [-0.15, -0.1) is 0 Å². The molecule has 1 aliphatic heterocycles. The number of esters is 3. The second-order valence-electron chi connectivity index (χ2n) is 5.46. The molecular weight excluding hydrogens is 338 g/mol. The number of carbonyl (C=O) groups is 4. The van der Waals surface area contributed by atoms with Crippen molar-refractivity contribution in [3.8, 4) is 0 Å². The fourth-order valence-electron chi connectivity index (χ4n) is 2.51. The van der Waals surface area contributed by atoms with Crippen molar-refractivity contribution in [3.63, 3.8) is 0 Å². The monoisotopic (exact) mass is 361 g/mol. The third-order valence-electron chi connectivity index (χ3n) is 3.31. The van der Waals surface area contributed by atoms with Crippen LogP contribution in [0.3, 0.4) is 0 Å². The second kappa shape index (κ2) is 9.33. The van der Waals surface area contributed by atoms with Gasteiger partial charge in [0.1, 0.15) is 18.8 Å². The van der Waals surface area contributed by atoms with Crippen molar-refractivity contribution in [2.75, 3.05) is 13.7 Å². The molecule has 0 aromatic heterocycles. The molecule has 0 spiro atoms. The van der Waals surface area contributed by atoms with Gasteiger partial charge < -0.3 is 29.0 Å². The SMILES string of the molecule is COC1OC(C(COC(C)=O)OC(C)=O)C(NC(C)=O)C1OC(C)=O. The highest BCUT2D eigenvalue weighted by atomic mass is 16.7. The number of rotatable bonds is 7. The molecular formula is C15H23NO9. The van der Waals surface area contributed by atoms with E-state index in [1.165, 1.54) is 34.8 Å². The van der Waals surface area contributed by atoms with E-state index in [0.717, 1.165) is 0 Å². The maximum Gasteiger partial charge on any atom is 0.303 e. The molecule has 5 atom stereocenters. The zero-order valence-electron chi connectivity index (χ0n) is 14.8. The van der Waals surface area contributed by atoms with Crippen LogP contribution in [0.15, 0.2) is 0 Å². The van der Waals surface area contributed by atoms with E-state index in [1.54, 1.807) is 0 Å². The van der Waals surface area contributed by atoms with E-state index in [1.807, 2.05) is 0 Å². The van der Waals surface area contributed by atoms with Crippen molar-refractivity contribution in [3.05, 3.63) is 0 Å². The average molecular weight is 361 g/mol. The van der Waals surface area contributed by atoms with Crippen molar-refractivity contribution < 1.29 is 42.9 Å². The summed E-state index contributed by atoms with van der Waals surface area (Å²) >= 11 is 0. The molecule has 1 saturated heterocycles. The van der Waals surface area contributed by atoms with Crippen LogP contribution in [-0.2, 0) is 42.9 Å². The highest BCUT2D eigenvalue weighted by Gasteiger charge is 2.52. The summed E-state index contributed by atoms with van der Waals surface area (Å²) in [6.07, 6.45) is -3.95. The van der Waals surface area contributed by atoms with Crippen molar-refractivity contribution >= 4 is 23.8 Å². The Bertz CT molecular complexity index is 521. The van der Waals surface area contributed by atoms with Crippen LogP contribution in [0.4, 0.5) is 0 Å². The lowest BCUT2D eigenvalue weighted by Gasteiger charge is -2.28. The molecule has 1 rings (SSSR count). The maximum atomic E-state index is 11.5. The number of methoxy groups -OCH3 is 1. The Morgan fingerprint density at radius 3 is 2.12 bits per heavy atom. The minimum atomic E-state index is -1.03. The van der Waals surface area contributed by atoms with Gasteiger partial charge in [-0.05, 0) is 0 Å². The van der Waals surface area contributed by atoms with Gasteiger partial charge in [0, 0.05) is 34.8 Å². The normalized spacial score (nSPS) is 26.4. The molecule has 0 aromatic carbocycles. The standard InChI is InChI=1S/C15H23NO9/c1-7(17)16-12-13(11(23-9(3)19)6-22-8(2)18)25-15(21-5)14(12)24-10(4)20/h11-15H,6H2,1-5H3,(H,16,17). The zero-order chi connectivity index (χ0) is 19.1. The predicted molar refractivity (Wildman–Crippen MR) is 81.0 cm³/mol. The van der Waals surface area contributed by atoms with Crippen molar-refractivity contribution in [1.29, 1.82) is 0 Å². The summed E-state index contributed by atoms with van der Waals surface area (Å²) < 4.78 is 26.0. The molecule has 1 fully saturated rings. The van der Waals surface area contributed by atoms with E-state index in [0.29, 0.717) is 0 Å². The van der Waals surface area contributed by atoms with Gasteiger partial charge in [0.05, 0.1) is 0 Å². The van der Waals surface area contributed by atoms with E-state index in [-0.39, 0.29) is 6.61 Å². The summed E-state index contributed by atoms with van der Waals surface area (Å²) in [5.41, 5.74) is 0. The fourth-order valence-corrected chi connectivity index (χ4v) is 2.51. The van der Waals surface area contributed by atoms with Gasteiger partial charge in [0.2, 0.25) is 5.91 Å². The summed E-state index contributed by atoms with van der Waals surface area (Å²) in [6.45, 7) is 4.56. The number of amides is 1. The van der Waals surface area contributed by atoms with Gasteiger partial charge in [0.25, 0.3) is 0 Å². The fraction of sp³-hybridized carbons (Fsp3) is 0.733. The van der Waals surface area contributed by atoms with Crippen molar-refractivity contribution in [1.82, 2.24) is 5.32 Å². The third-order valence-corrected chi connectivity index (χ3v) is 3.31. The number of carbonyl (C=O) groups excluding carboxylic acids is 4. The van der Waals surface area contributed by atoms with Gasteiger partial charge in [-0.1, -0.05) is 0 Å². The van der Waals surface area contributed by atoms with E-state index >= 15 is 0 Å². The minimum Gasteiger partial charge on any atom is -0.462 e. The van der Waals surface area contributed by atoms with E-state index in [4.69, 9.17) is 23.7 Å². The molecule has 0 saturated carbocycles. The van der Waals surface area contributed by atoms with Gasteiger partial charge in [-0.25, -0.2) is 0 Å². The first-order chi connectivity index (χ1) is 11.6.